The predicted octanol–water partition coefficient (Wildman–Crippen LogP) is 4.99. The highest BCUT2D eigenvalue weighted by Gasteiger charge is 2.14. The number of hydrogen-bond donors (Lipinski definition) is 1. The summed E-state index contributed by atoms with van der Waals surface area (Å²) in [5.41, 5.74) is 6.08. The van der Waals surface area contributed by atoms with Gasteiger partial charge in [0.05, 0.1) is 5.69 Å². The number of benzene rings is 2. The monoisotopic (exact) mass is 295 g/mol. The fourth-order valence-electron chi connectivity index (χ4n) is 2.78. The molecule has 2 aromatic carbocycles. The van der Waals surface area contributed by atoms with E-state index in [0.717, 1.165) is 34.0 Å². The summed E-state index contributed by atoms with van der Waals surface area (Å²) >= 11 is 1.71. The first kappa shape index (κ1) is 14.0. The molecule has 0 saturated heterocycles. The van der Waals surface area contributed by atoms with Gasteiger partial charge in [0, 0.05) is 21.4 Å². The average molecular weight is 295 g/mol. The molecule has 106 valence electrons. The smallest absolute Gasteiger partial charge is 0.152 e. The van der Waals surface area contributed by atoms with Crippen LogP contribution < -0.4 is 0 Å². The maximum atomic E-state index is 11.6. The van der Waals surface area contributed by atoms with Gasteiger partial charge in [0.2, 0.25) is 0 Å². The number of nitrogens with one attached hydrogen (secondary N) is 1. The van der Waals surface area contributed by atoms with E-state index in [1.807, 2.05) is 0 Å². The SMILES string of the molecule is CSc1ccc(-c2[nH]c3c(C)cc(C)cc3c2C=O)cc1. The topological polar surface area (TPSA) is 32.9 Å². The summed E-state index contributed by atoms with van der Waals surface area (Å²) in [5.74, 6) is 0. The Kier molecular flexibility index (Phi) is 3.60. The molecule has 21 heavy (non-hydrogen) atoms. The lowest BCUT2D eigenvalue weighted by atomic mass is 10.0. The van der Waals surface area contributed by atoms with Gasteiger partial charge in [-0.15, -0.1) is 11.8 Å². The van der Waals surface area contributed by atoms with Crippen molar-refractivity contribution in [3.63, 3.8) is 0 Å². The van der Waals surface area contributed by atoms with Crippen LogP contribution in [0.4, 0.5) is 0 Å². The van der Waals surface area contributed by atoms with E-state index in [4.69, 9.17) is 0 Å². The van der Waals surface area contributed by atoms with Crippen molar-refractivity contribution in [1.29, 1.82) is 0 Å². The maximum absolute atomic E-state index is 11.6. The van der Waals surface area contributed by atoms with Crippen LogP contribution in [0.1, 0.15) is 21.5 Å². The van der Waals surface area contributed by atoms with E-state index in [1.54, 1.807) is 11.8 Å². The molecule has 1 aromatic heterocycles. The Labute approximate surface area is 128 Å². The third-order valence-corrected chi connectivity index (χ3v) is 4.53. The van der Waals surface area contributed by atoms with E-state index in [0.29, 0.717) is 0 Å². The van der Waals surface area contributed by atoms with Crippen LogP contribution in [0.3, 0.4) is 0 Å². The molecular formula is C18H17NOS. The molecular weight excluding hydrogens is 278 g/mol. The quantitative estimate of drug-likeness (QED) is 0.545. The van der Waals surface area contributed by atoms with Crippen LogP contribution in [0.25, 0.3) is 22.2 Å². The van der Waals surface area contributed by atoms with Crippen LogP contribution >= 0.6 is 11.8 Å². The molecule has 0 aliphatic rings. The van der Waals surface area contributed by atoms with Gasteiger partial charge < -0.3 is 4.98 Å². The number of aromatic amines is 1. The second-order valence-corrected chi connectivity index (χ2v) is 6.14. The first-order valence-corrected chi connectivity index (χ1v) is 8.09. The van der Waals surface area contributed by atoms with E-state index in [9.17, 15) is 4.79 Å². The van der Waals surface area contributed by atoms with Crippen LogP contribution in [0, 0.1) is 13.8 Å². The van der Waals surface area contributed by atoms with Crippen molar-refractivity contribution in [3.05, 3.63) is 53.1 Å². The van der Waals surface area contributed by atoms with Gasteiger partial charge in [-0.25, -0.2) is 0 Å². The zero-order valence-electron chi connectivity index (χ0n) is 12.4. The lowest BCUT2D eigenvalue weighted by Gasteiger charge is -2.01. The maximum Gasteiger partial charge on any atom is 0.152 e. The van der Waals surface area contributed by atoms with Crippen molar-refractivity contribution in [3.8, 4) is 11.3 Å². The van der Waals surface area contributed by atoms with Crippen molar-refractivity contribution >= 4 is 29.0 Å². The van der Waals surface area contributed by atoms with Crippen molar-refractivity contribution in [1.82, 2.24) is 4.98 Å². The predicted molar refractivity (Wildman–Crippen MR) is 90.4 cm³/mol. The number of rotatable bonds is 3. The molecule has 1 heterocycles. The van der Waals surface area contributed by atoms with E-state index in [2.05, 4.69) is 61.5 Å². The molecule has 0 radical (unpaired) electrons. The Bertz CT molecular complexity index is 815. The Morgan fingerprint density at radius 1 is 1.10 bits per heavy atom. The standard InChI is InChI=1S/C18H17NOS/c1-11-8-12(2)17-15(9-11)16(10-20)18(19-17)13-4-6-14(21-3)7-5-13/h4-10,19H,1-3H3. The number of H-pyrrole nitrogens is 1. The highest BCUT2D eigenvalue weighted by atomic mass is 32.2. The van der Waals surface area contributed by atoms with Crippen LogP contribution in [0.2, 0.25) is 0 Å². The minimum absolute atomic E-state index is 0.744. The van der Waals surface area contributed by atoms with Crippen LogP contribution in [-0.2, 0) is 0 Å². The molecule has 3 rings (SSSR count). The number of aromatic nitrogens is 1. The molecule has 0 aliphatic carbocycles. The van der Waals surface area contributed by atoms with Gasteiger partial charge in [0.15, 0.2) is 6.29 Å². The minimum atomic E-state index is 0.744. The molecule has 0 fully saturated rings. The van der Waals surface area contributed by atoms with Gasteiger partial charge >= 0.3 is 0 Å². The molecule has 0 saturated carbocycles. The Hall–Kier alpha value is -2.00. The lowest BCUT2D eigenvalue weighted by Crippen LogP contribution is -1.84. The molecule has 0 unspecified atom stereocenters. The van der Waals surface area contributed by atoms with Gasteiger partial charge in [-0.3, -0.25) is 4.79 Å². The van der Waals surface area contributed by atoms with Crippen LogP contribution in [-0.4, -0.2) is 17.5 Å². The molecule has 0 bridgehead atoms. The molecule has 0 atom stereocenters. The summed E-state index contributed by atoms with van der Waals surface area (Å²) in [5, 5.41) is 1.01. The summed E-state index contributed by atoms with van der Waals surface area (Å²) in [6.07, 6.45) is 3.01. The highest BCUT2D eigenvalue weighted by molar-refractivity contribution is 7.98. The fraction of sp³-hybridized carbons (Fsp3) is 0.167. The zero-order chi connectivity index (χ0) is 15.0. The fourth-order valence-corrected chi connectivity index (χ4v) is 3.19. The third kappa shape index (κ3) is 2.38. The minimum Gasteiger partial charge on any atom is -0.354 e. The first-order valence-electron chi connectivity index (χ1n) is 6.86. The van der Waals surface area contributed by atoms with Crippen molar-refractivity contribution < 1.29 is 4.79 Å². The van der Waals surface area contributed by atoms with Gasteiger partial charge in [-0.05, 0) is 49.4 Å². The molecule has 2 nitrogen and oxygen atoms in total. The third-order valence-electron chi connectivity index (χ3n) is 3.79. The average Bonchev–Trinajstić information content (AvgIpc) is 2.86. The van der Waals surface area contributed by atoms with E-state index >= 15 is 0 Å². The van der Waals surface area contributed by atoms with Crippen LogP contribution in [0.15, 0.2) is 41.3 Å². The van der Waals surface area contributed by atoms with E-state index in [1.165, 1.54) is 16.0 Å². The Morgan fingerprint density at radius 2 is 1.81 bits per heavy atom. The molecule has 3 heteroatoms. The highest BCUT2D eigenvalue weighted by Crippen LogP contribution is 2.32. The van der Waals surface area contributed by atoms with Crippen molar-refractivity contribution in [2.75, 3.05) is 6.26 Å². The van der Waals surface area contributed by atoms with Gasteiger partial charge in [0.25, 0.3) is 0 Å². The molecule has 0 spiro atoms. The first-order chi connectivity index (χ1) is 10.1. The normalized spacial score (nSPS) is 11.0. The number of hydrogen-bond acceptors (Lipinski definition) is 2. The molecule has 1 N–H and O–H groups in total. The largest absolute Gasteiger partial charge is 0.354 e. The summed E-state index contributed by atoms with van der Waals surface area (Å²) in [6.45, 7) is 4.13. The molecule has 0 amide bonds. The second-order valence-electron chi connectivity index (χ2n) is 5.26. The summed E-state index contributed by atoms with van der Waals surface area (Å²) in [7, 11) is 0. The van der Waals surface area contributed by atoms with Gasteiger partial charge in [0.1, 0.15) is 0 Å². The Morgan fingerprint density at radius 3 is 2.43 bits per heavy atom. The zero-order valence-corrected chi connectivity index (χ0v) is 13.2. The number of thioether (sulfide) groups is 1. The van der Waals surface area contributed by atoms with Crippen molar-refractivity contribution in [2.24, 2.45) is 0 Å². The Balaban J connectivity index is 2.26. The van der Waals surface area contributed by atoms with Crippen molar-refractivity contribution in [2.45, 2.75) is 18.7 Å². The number of carbonyl (C=O) groups is 1. The number of aryl methyl sites for hydroxylation is 2. The summed E-state index contributed by atoms with van der Waals surface area (Å²) < 4.78 is 0. The van der Waals surface area contributed by atoms with Crippen LogP contribution in [0.5, 0.6) is 0 Å². The molecule has 3 aromatic rings. The number of carbonyl (C=O) groups excluding carboxylic acids is 1. The number of fused-ring (bicyclic) bond motifs is 1. The second kappa shape index (κ2) is 5.41. The lowest BCUT2D eigenvalue weighted by molar-refractivity contribution is 0.112. The van der Waals surface area contributed by atoms with Gasteiger partial charge in [-0.1, -0.05) is 23.8 Å². The van der Waals surface area contributed by atoms with Gasteiger partial charge in [-0.2, -0.15) is 0 Å². The van der Waals surface area contributed by atoms with E-state index < -0.39 is 0 Å². The summed E-state index contributed by atoms with van der Waals surface area (Å²) in [4.78, 5) is 16.2. The summed E-state index contributed by atoms with van der Waals surface area (Å²) in [6, 6.07) is 12.5. The molecule has 0 aliphatic heterocycles. The van der Waals surface area contributed by atoms with E-state index in [-0.39, 0.29) is 0 Å². The number of aldehydes is 1.